The summed E-state index contributed by atoms with van der Waals surface area (Å²) in [5.41, 5.74) is 6.15. The van der Waals surface area contributed by atoms with E-state index in [0.717, 1.165) is 12.1 Å². The largest absolute Gasteiger partial charge is 0.336 e. The molecule has 2 N–H and O–H groups in total. The normalized spacial score (nSPS) is 12.6. The van der Waals surface area contributed by atoms with Crippen LogP contribution in [0.3, 0.4) is 0 Å². The molecule has 0 unspecified atom stereocenters. The monoisotopic (exact) mass is 285 g/mol. The van der Waals surface area contributed by atoms with Crippen LogP contribution in [0.15, 0.2) is 18.2 Å². The molecule has 0 radical (unpaired) electrons. The molecule has 0 aliphatic heterocycles. The number of carbonyl (C=O) groups is 1. The van der Waals surface area contributed by atoms with E-state index in [2.05, 4.69) is 0 Å². The van der Waals surface area contributed by atoms with Crippen LogP contribution in [0.5, 0.6) is 0 Å². The van der Waals surface area contributed by atoms with Crippen molar-refractivity contribution in [1.82, 2.24) is 9.80 Å². The van der Waals surface area contributed by atoms with E-state index in [9.17, 15) is 13.6 Å². The van der Waals surface area contributed by atoms with Crippen molar-refractivity contribution >= 4 is 5.91 Å². The number of carbonyl (C=O) groups excluding carboxylic acids is 1. The minimum Gasteiger partial charge on any atom is -0.336 e. The van der Waals surface area contributed by atoms with Gasteiger partial charge in [-0.2, -0.15) is 0 Å². The van der Waals surface area contributed by atoms with Gasteiger partial charge in [0.2, 0.25) is 5.91 Å². The first-order valence-electron chi connectivity index (χ1n) is 6.44. The minimum absolute atomic E-state index is 0.211. The topological polar surface area (TPSA) is 49.6 Å². The zero-order valence-corrected chi connectivity index (χ0v) is 12.1. The molecule has 6 heteroatoms. The van der Waals surface area contributed by atoms with Gasteiger partial charge in [0.1, 0.15) is 0 Å². The Hall–Kier alpha value is -1.53. The lowest BCUT2D eigenvalue weighted by molar-refractivity contribution is -0.133. The van der Waals surface area contributed by atoms with Gasteiger partial charge in [0.15, 0.2) is 11.6 Å². The number of nitrogens with two attached hydrogens (primary N) is 1. The fourth-order valence-corrected chi connectivity index (χ4v) is 1.73. The average Bonchev–Trinajstić information content (AvgIpc) is 2.37. The number of rotatable bonds is 6. The fourth-order valence-electron chi connectivity index (χ4n) is 1.73. The molecule has 0 heterocycles. The summed E-state index contributed by atoms with van der Waals surface area (Å²) in [6.45, 7) is 2.97. The van der Waals surface area contributed by atoms with Crippen molar-refractivity contribution in [2.45, 2.75) is 19.5 Å². The molecule has 0 aliphatic carbocycles. The van der Waals surface area contributed by atoms with Crippen molar-refractivity contribution in [2.24, 2.45) is 5.73 Å². The van der Waals surface area contributed by atoms with Crippen molar-refractivity contribution in [3.8, 4) is 0 Å². The Balaban J connectivity index is 2.82. The second-order valence-corrected chi connectivity index (χ2v) is 5.10. The molecular weight excluding hydrogens is 264 g/mol. The van der Waals surface area contributed by atoms with Crippen LogP contribution >= 0.6 is 0 Å². The Kier molecular flexibility index (Phi) is 6.04. The summed E-state index contributed by atoms with van der Waals surface area (Å²) >= 11 is 0. The first-order chi connectivity index (χ1) is 9.31. The molecule has 0 saturated carbocycles. The molecule has 4 nitrogen and oxygen atoms in total. The third-order valence-corrected chi connectivity index (χ3v) is 2.88. The molecule has 0 aliphatic rings. The molecule has 0 fully saturated rings. The van der Waals surface area contributed by atoms with Gasteiger partial charge in [0, 0.05) is 19.6 Å². The highest BCUT2D eigenvalue weighted by atomic mass is 19.2. The molecule has 1 aromatic carbocycles. The molecule has 1 rings (SSSR count). The maximum Gasteiger partial charge on any atom is 0.239 e. The molecule has 1 amide bonds. The Labute approximate surface area is 118 Å². The quantitative estimate of drug-likeness (QED) is 0.854. The first kappa shape index (κ1) is 16.5. The van der Waals surface area contributed by atoms with Gasteiger partial charge < -0.3 is 15.5 Å². The predicted molar refractivity (Wildman–Crippen MR) is 74.0 cm³/mol. The van der Waals surface area contributed by atoms with Crippen LogP contribution in [0.2, 0.25) is 0 Å². The van der Waals surface area contributed by atoms with E-state index in [-0.39, 0.29) is 12.5 Å². The number of benzene rings is 1. The molecule has 0 aromatic heterocycles. The Morgan fingerprint density at radius 3 is 2.40 bits per heavy atom. The number of nitrogens with zero attached hydrogens (tertiary/aromatic N) is 2. The van der Waals surface area contributed by atoms with Crippen LogP contribution in [0.1, 0.15) is 12.5 Å². The Morgan fingerprint density at radius 2 is 1.90 bits per heavy atom. The summed E-state index contributed by atoms with van der Waals surface area (Å²) in [6.07, 6.45) is 0. The SMILES string of the molecule is C[C@@H](N)C(=O)N(CCN(C)C)Cc1ccc(F)c(F)c1. The molecular formula is C14H21F2N3O. The number of hydrogen-bond acceptors (Lipinski definition) is 3. The van der Waals surface area contributed by atoms with Crippen LogP contribution in [-0.2, 0) is 11.3 Å². The third-order valence-electron chi connectivity index (χ3n) is 2.88. The third kappa shape index (κ3) is 4.86. The fraction of sp³-hybridized carbons (Fsp3) is 0.500. The zero-order valence-electron chi connectivity index (χ0n) is 12.1. The lowest BCUT2D eigenvalue weighted by atomic mass is 10.2. The van der Waals surface area contributed by atoms with Gasteiger partial charge in [0.05, 0.1) is 6.04 Å². The molecule has 0 spiro atoms. The maximum atomic E-state index is 13.2. The second-order valence-electron chi connectivity index (χ2n) is 5.10. The zero-order chi connectivity index (χ0) is 15.3. The summed E-state index contributed by atoms with van der Waals surface area (Å²) in [5, 5.41) is 0. The van der Waals surface area contributed by atoms with Crippen LogP contribution in [0, 0.1) is 11.6 Å². The van der Waals surface area contributed by atoms with Gasteiger partial charge in [-0.05, 0) is 38.7 Å². The van der Waals surface area contributed by atoms with Crippen molar-refractivity contribution in [3.63, 3.8) is 0 Å². The van der Waals surface area contributed by atoms with E-state index in [1.54, 1.807) is 11.8 Å². The van der Waals surface area contributed by atoms with Crippen molar-refractivity contribution < 1.29 is 13.6 Å². The number of amides is 1. The summed E-state index contributed by atoms with van der Waals surface area (Å²) < 4.78 is 26.1. The van der Waals surface area contributed by atoms with Crippen LogP contribution in [-0.4, -0.2) is 48.9 Å². The van der Waals surface area contributed by atoms with Gasteiger partial charge in [-0.1, -0.05) is 6.07 Å². The first-order valence-corrected chi connectivity index (χ1v) is 6.44. The van der Waals surface area contributed by atoms with E-state index in [1.807, 2.05) is 19.0 Å². The standard InChI is InChI=1S/C14H21F2N3O/c1-10(17)14(20)19(7-6-18(2)3)9-11-4-5-12(15)13(16)8-11/h4-5,8,10H,6-7,9,17H2,1-3H3/t10-/m1/s1. The van der Waals surface area contributed by atoms with E-state index in [1.165, 1.54) is 6.07 Å². The number of halogens is 2. The van der Waals surface area contributed by atoms with Crippen molar-refractivity contribution in [2.75, 3.05) is 27.2 Å². The highest BCUT2D eigenvalue weighted by Gasteiger charge is 2.18. The smallest absolute Gasteiger partial charge is 0.239 e. The number of likely N-dealkylation sites (N-methyl/N-ethyl adjacent to an activating group) is 1. The predicted octanol–water partition coefficient (Wildman–Crippen LogP) is 1.20. The lowest BCUT2D eigenvalue weighted by Gasteiger charge is -2.26. The summed E-state index contributed by atoms with van der Waals surface area (Å²) in [4.78, 5) is 15.5. The molecule has 112 valence electrons. The summed E-state index contributed by atoms with van der Waals surface area (Å²) in [7, 11) is 3.79. The van der Waals surface area contributed by atoms with E-state index in [0.29, 0.717) is 18.7 Å². The Morgan fingerprint density at radius 1 is 1.25 bits per heavy atom. The van der Waals surface area contributed by atoms with Gasteiger partial charge in [-0.25, -0.2) is 8.78 Å². The van der Waals surface area contributed by atoms with E-state index >= 15 is 0 Å². The molecule has 0 bridgehead atoms. The van der Waals surface area contributed by atoms with Gasteiger partial charge in [-0.3, -0.25) is 4.79 Å². The van der Waals surface area contributed by atoms with Gasteiger partial charge >= 0.3 is 0 Å². The number of hydrogen-bond donors (Lipinski definition) is 1. The van der Waals surface area contributed by atoms with Gasteiger partial charge in [-0.15, -0.1) is 0 Å². The summed E-state index contributed by atoms with van der Waals surface area (Å²) in [6, 6.07) is 3.01. The van der Waals surface area contributed by atoms with Crippen LogP contribution in [0.4, 0.5) is 8.78 Å². The molecule has 1 aromatic rings. The Bertz CT molecular complexity index is 464. The van der Waals surface area contributed by atoms with Crippen molar-refractivity contribution in [1.29, 1.82) is 0 Å². The molecule has 20 heavy (non-hydrogen) atoms. The summed E-state index contributed by atoms with van der Waals surface area (Å²) in [5.74, 6) is -2.02. The minimum atomic E-state index is -0.914. The van der Waals surface area contributed by atoms with Gasteiger partial charge in [0.25, 0.3) is 0 Å². The highest BCUT2D eigenvalue weighted by molar-refractivity contribution is 5.81. The molecule has 0 saturated heterocycles. The van der Waals surface area contributed by atoms with Crippen molar-refractivity contribution in [3.05, 3.63) is 35.4 Å². The van der Waals surface area contributed by atoms with E-state index in [4.69, 9.17) is 5.73 Å². The van der Waals surface area contributed by atoms with Crippen LogP contribution < -0.4 is 5.73 Å². The maximum absolute atomic E-state index is 13.2. The highest BCUT2D eigenvalue weighted by Crippen LogP contribution is 2.11. The van der Waals surface area contributed by atoms with Crippen LogP contribution in [0.25, 0.3) is 0 Å². The second kappa shape index (κ2) is 7.31. The van der Waals surface area contributed by atoms with E-state index < -0.39 is 17.7 Å². The lowest BCUT2D eigenvalue weighted by Crippen LogP contribution is -2.44. The molecule has 1 atom stereocenters. The average molecular weight is 285 g/mol.